The van der Waals surface area contributed by atoms with Crippen LogP contribution in [-0.2, 0) is 14.8 Å². The first-order chi connectivity index (χ1) is 9.72. The maximum atomic E-state index is 12.2. The van der Waals surface area contributed by atoms with Crippen LogP contribution in [0.2, 0.25) is 0 Å². The van der Waals surface area contributed by atoms with Gasteiger partial charge < -0.3 is 14.6 Å². The molecular weight excluding hydrogens is 366 g/mol. The highest BCUT2D eigenvalue weighted by atomic mass is 79.9. The van der Waals surface area contributed by atoms with E-state index in [1.807, 2.05) is 0 Å². The molecular formula is C12H16BrNO6S. The molecule has 0 radical (unpaired) electrons. The monoisotopic (exact) mass is 381 g/mol. The molecule has 1 aromatic carbocycles. The zero-order valence-electron chi connectivity index (χ0n) is 11.7. The van der Waals surface area contributed by atoms with Gasteiger partial charge in [-0.15, -0.1) is 0 Å². The summed E-state index contributed by atoms with van der Waals surface area (Å²) in [5, 5.41) is 8.77. The van der Waals surface area contributed by atoms with Crippen LogP contribution in [0, 0.1) is 5.92 Å². The predicted octanol–water partition coefficient (Wildman–Crippen LogP) is 1.47. The summed E-state index contributed by atoms with van der Waals surface area (Å²) in [6.07, 6.45) is 0. The highest BCUT2D eigenvalue weighted by molar-refractivity contribution is 9.10. The molecule has 0 fully saturated rings. The first-order valence-corrected chi connectivity index (χ1v) is 8.14. The van der Waals surface area contributed by atoms with Crippen LogP contribution in [0.3, 0.4) is 0 Å². The third-order valence-corrected chi connectivity index (χ3v) is 5.11. The lowest BCUT2D eigenvalue weighted by atomic mass is 10.2. The second-order valence-electron chi connectivity index (χ2n) is 4.23. The van der Waals surface area contributed by atoms with E-state index >= 15 is 0 Å². The Morgan fingerprint density at radius 2 is 1.86 bits per heavy atom. The Hall–Kier alpha value is -1.32. The van der Waals surface area contributed by atoms with Gasteiger partial charge in [0, 0.05) is 17.1 Å². The first kappa shape index (κ1) is 17.7. The molecule has 9 heteroatoms. The van der Waals surface area contributed by atoms with E-state index in [1.165, 1.54) is 33.3 Å². The van der Waals surface area contributed by atoms with Crippen LogP contribution < -0.4 is 14.2 Å². The van der Waals surface area contributed by atoms with Gasteiger partial charge >= 0.3 is 5.97 Å². The van der Waals surface area contributed by atoms with Gasteiger partial charge in [-0.3, -0.25) is 4.79 Å². The lowest BCUT2D eigenvalue weighted by Crippen LogP contribution is -2.31. The number of nitrogens with one attached hydrogen (secondary N) is 1. The molecule has 1 atom stereocenters. The molecule has 21 heavy (non-hydrogen) atoms. The third-order valence-electron chi connectivity index (χ3n) is 2.73. The van der Waals surface area contributed by atoms with E-state index in [9.17, 15) is 13.2 Å². The molecule has 0 spiro atoms. The van der Waals surface area contributed by atoms with Gasteiger partial charge in [0.25, 0.3) is 0 Å². The van der Waals surface area contributed by atoms with Crippen molar-refractivity contribution in [2.45, 2.75) is 11.8 Å². The molecule has 0 aliphatic heterocycles. The van der Waals surface area contributed by atoms with Crippen molar-refractivity contribution in [1.29, 1.82) is 0 Å². The molecule has 1 unspecified atom stereocenters. The van der Waals surface area contributed by atoms with Gasteiger partial charge in [0.1, 0.15) is 4.90 Å². The van der Waals surface area contributed by atoms with Crippen LogP contribution in [0.5, 0.6) is 11.5 Å². The molecule has 0 aliphatic rings. The number of sulfonamides is 1. The van der Waals surface area contributed by atoms with Crippen molar-refractivity contribution in [1.82, 2.24) is 4.72 Å². The number of carboxylic acid groups (broad SMARTS) is 1. The molecule has 118 valence electrons. The van der Waals surface area contributed by atoms with E-state index in [2.05, 4.69) is 20.7 Å². The van der Waals surface area contributed by atoms with Crippen molar-refractivity contribution in [2.24, 2.45) is 5.92 Å². The minimum Gasteiger partial charge on any atom is -0.493 e. The standard InChI is InChI=1S/C12H16BrNO6S/c1-7(12(15)16)6-14-21(17,18)11-5-10(20-3)9(19-2)4-8(11)13/h4-5,7,14H,6H2,1-3H3,(H,15,16). The molecule has 0 heterocycles. The zero-order chi connectivity index (χ0) is 16.2. The molecule has 0 amide bonds. The van der Waals surface area contributed by atoms with E-state index in [-0.39, 0.29) is 21.7 Å². The summed E-state index contributed by atoms with van der Waals surface area (Å²) in [6.45, 7) is 1.20. The SMILES string of the molecule is COc1cc(Br)c(S(=O)(=O)NCC(C)C(=O)O)cc1OC. The van der Waals surface area contributed by atoms with Crippen molar-refractivity contribution in [2.75, 3.05) is 20.8 Å². The number of rotatable bonds is 7. The quantitative estimate of drug-likeness (QED) is 0.741. The van der Waals surface area contributed by atoms with Crippen molar-refractivity contribution in [3.05, 3.63) is 16.6 Å². The number of aliphatic carboxylic acids is 1. The molecule has 7 nitrogen and oxygen atoms in total. The van der Waals surface area contributed by atoms with Gasteiger partial charge in [-0.05, 0) is 22.0 Å². The number of hydrogen-bond acceptors (Lipinski definition) is 5. The minimum atomic E-state index is -3.87. The predicted molar refractivity (Wildman–Crippen MR) is 79.2 cm³/mol. The summed E-state index contributed by atoms with van der Waals surface area (Å²) in [6, 6.07) is 2.77. The van der Waals surface area contributed by atoms with Crippen molar-refractivity contribution >= 4 is 31.9 Å². The van der Waals surface area contributed by atoms with Gasteiger partial charge in [0.05, 0.1) is 20.1 Å². The average molecular weight is 382 g/mol. The molecule has 2 N–H and O–H groups in total. The fourth-order valence-electron chi connectivity index (χ4n) is 1.44. The summed E-state index contributed by atoms with van der Waals surface area (Å²) >= 11 is 3.15. The van der Waals surface area contributed by atoms with Crippen LogP contribution >= 0.6 is 15.9 Å². The number of carbonyl (C=O) groups is 1. The molecule has 0 aliphatic carbocycles. The second-order valence-corrected chi connectivity index (χ2v) is 6.82. The van der Waals surface area contributed by atoms with E-state index in [0.29, 0.717) is 5.75 Å². The molecule has 0 aromatic heterocycles. The maximum Gasteiger partial charge on any atom is 0.307 e. The van der Waals surface area contributed by atoms with Crippen LogP contribution in [0.1, 0.15) is 6.92 Å². The third kappa shape index (κ3) is 4.32. The smallest absolute Gasteiger partial charge is 0.307 e. The Labute approximate surface area is 131 Å². The molecule has 0 saturated heterocycles. The highest BCUT2D eigenvalue weighted by Gasteiger charge is 2.23. The number of halogens is 1. The van der Waals surface area contributed by atoms with Gasteiger partial charge in [-0.25, -0.2) is 13.1 Å². The Morgan fingerprint density at radius 3 is 2.33 bits per heavy atom. The number of methoxy groups -OCH3 is 2. The number of ether oxygens (including phenoxy) is 2. The van der Waals surface area contributed by atoms with Crippen LogP contribution in [0.15, 0.2) is 21.5 Å². The Kier molecular flexibility index (Phi) is 5.99. The van der Waals surface area contributed by atoms with Crippen LogP contribution in [-0.4, -0.2) is 40.3 Å². The largest absolute Gasteiger partial charge is 0.493 e. The summed E-state index contributed by atoms with van der Waals surface area (Å²) in [5.41, 5.74) is 0. The van der Waals surface area contributed by atoms with Crippen molar-refractivity contribution in [3.63, 3.8) is 0 Å². The lowest BCUT2D eigenvalue weighted by Gasteiger charge is -2.14. The first-order valence-electron chi connectivity index (χ1n) is 5.87. The van der Waals surface area contributed by atoms with E-state index < -0.39 is 21.9 Å². The number of benzene rings is 1. The Bertz CT molecular complexity index is 631. The Balaban J connectivity index is 3.11. The number of carboxylic acids is 1. The summed E-state index contributed by atoms with van der Waals surface area (Å²) in [7, 11) is -1.05. The van der Waals surface area contributed by atoms with Crippen molar-refractivity contribution in [3.8, 4) is 11.5 Å². The van der Waals surface area contributed by atoms with E-state index in [1.54, 1.807) is 0 Å². The van der Waals surface area contributed by atoms with E-state index in [0.717, 1.165) is 0 Å². The molecule has 0 bridgehead atoms. The molecule has 0 saturated carbocycles. The van der Waals surface area contributed by atoms with Gasteiger partial charge in [-0.1, -0.05) is 6.92 Å². The number of hydrogen-bond donors (Lipinski definition) is 2. The second kappa shape index (κ2) is 7.10. The highest BCUT2D eigenvalue weighted by Crippen LogP contribution is 2.35. The van der Waals surface area contributed by atoms with Gasteiger partial charge in [0.2, 0.25) is 10.0 Å². The van der Waals surface area contributed by atoms with Gasteiger partial charge in [0.15, 0.2) is 11.5 Å². The topological polar surface area (TPSA) is 102 Å². The van der Waals surface area contributed by atoms with E-state index in [4.69, 9.17) is 14.6 Å². The molecule has 1 rings (SSSR count). The maximum absolute atomic E-state index is 12.2. The summed E-state index contributed by atoms with van der Waals surface area (Å²) in [5.74, 6) is -1.28. The Morgan fingerprint density at radius 1 is 1.33 bits per heavy atom. The summed E-state index contributed by atoms with van der Waals surface area (Å²) in [4.78, 5) is 10.7. The summed E-state index contributed by atoms with van der Waals surface area (Å²) < 4.78 is 37.1. The lowest BCUT2D eigenvalue weighted by molar-refractivity contribution is -0.140. The zero-order valence-corrected chi connectivity index (χ0v) is 14.1. The average Bonchev–Trinajstić information content (AvgIpc) is 2.43. The van der Waals surface area contributed by atoms with Gasteiger partial charge in [-0.2, -0.15) is 0 Å². The van der Waals surface area contributed by atoms with Crippen LogP contribution in [0.25, 0.3) is 0 Å². The van der Waals surface area contributed by atoms with Crippen molar-refractivity contribution < 1.29 is 27.8 Å². The molecule has 1 aromatic rings. The fourth-order valence-corrected chi connectivity index (χ4v) is 3.61. The minimum absolute atomic E-state index is 0.0576. The fraction of sp³-hybridized carbons (Fsp3) is 0.417. The normalized spacial score (nSPS) is 12.8. The van der Waals surface area contributed by atoms with Crippen LogP contribution in [0.4, 0.5) is 0 Å².